The van der Waals surface area contributed by atoms with E-state index in [1.165, 1.54) is 24.4 Å². The fourth-order valence-corrected chi connectivity index (χ4v) is 2.99. The summed E-state index contributed by atoms with van der Waals surface area (Å²) in [7, 11) is 0. The molecule has 0 bridgehead atoms. The van der Waals surface area contributed by atoms with E-state index in [-0.39, 0.29) is 10.9 Å². The highest BCUT2D eigenvalue weighted by Gasteiger charge is 2.24. The third-order valence-corrected chi connectivity index (χ3v) is 5.06. The monoisotopic (exact) mass is 459 g/mol. The lowest BCUT2D eigenvalue weighted by atomic mass is 10.0. The molecule has 9 heteroatoms. The number of amides is 2. The molecule has 1 unspecified atom stereocenters. The van der Waals surface area contributed by atoms with Crippen molar-refractivity contribution in [3.8, 4) is 0 Å². The van der Waals surface area contributed by atoms with Crippen LogP contribution in [0, 0.1) is 5.92 Å². The predicted molar refractivity (Wildman–Crippen MR) is 115 cm³/mol. The van der Waals surface area contributed by atoms with Crippen LogP contribution in [-0.2, 0) is 4.79 Å². The number of carbonyl (C=O) groups excluding carboxylic acids is 2. The highest BCUT2D eigenvalue weighted by molar-refractivity contribution is 6.42. The summed E-state index contributed by atoms with van der Waals surface area (Å²) in [5.74, 6) is -1.09. The molecule has 2 amide bonds. The summed E-state index contributed by atoms with van der Waals surface area (Å²) in [5.41, 5.74) is 3.29. The van der Waals surface area contributed by atoms with E-state index in [0.717, 1.165) is 0 Å². The van der Waals surface area contributed by atoms with Gasteiger partial charge in [-0.3, -0.25) is 9.59 Å². The lowest BCUT2D eigenvalue weighted by molar-refractivity contribution is -0.123. The molecule has 2 rings (SSSR count). The van der Waals surface area contributed by atoms with Gasteiger partial charge in [0.1, 0.15) is 6.04 Å². The zero-order valence-electron chi connectivity index (χ0n) is 15.0. The summed E-state index contributed by atoms with van der Waals surface area (Å²) in [4.78, 5) is 24.9. The van der Waals surface area contributed by atoms with E-state index in [4.69, 9.17) is 46.4 Å². The van der Waals surface area contributed by atoms with Crippen molar-refractivity contribution in [1.29, 1.82) is 0 Å². The second-order valence-electron chi connectivity index (χ2n) is 6.22. The number of rotatable bonds is 6. The van der Waals surface area contributed by atoms with Crippen LogP contribution in [0.5, 0.6) is 0 Å². The van der Waals surface area contributed by atoms with Gasteiger partial charge >= 0.3 is 0 Å². The van der Waals surface area contributed by atoms with Gasteiger partial charge in [-0.15, -0.1) is 0 Å². The van der Waals surface area contributed by atoms with Crippen LogP contribution in [0.2, 0.25) is 20.1 Å². The molecule has 0 aromatic heterocycles. The topological polar surface area (TPSA) is 70.6 Å². The van der Waals surface area contributed by atoms with Crippen LogP contribution in [0.25, 0.3) is 0 Å². The molecule has 0 heterocycles. The number of hydrogen-bond donors (Lipinski definition) is 2. The van der Waals surface area contributed by atoms with Crippen LogP contribution in [0.3, 0.4) is 0 Å². The summed E-state index contributed by atoms with van der Waals surface area (Å²) < 4.78 is 0. The van der Waals surface area contributed by atoms with Crippen molar-refractivity contribution in [3.63, 3.8) is 0 Å². The molecule has 5 nitrogen and oxygen atoms in total. The van der Waals surface area contributed by atoms with Crippen LogP contribution in [0.4, 0.5) is 0 Å². The molecule has 0 aliphatic rings. The number of halogens is 4. The molecule has 0 fully saturated rings. The average Bonchev–Trinajstić information content (AvgIpc) is 2.63. The fourth-order valence-electron chi connectivity index (χ4n) is 2.24. The molecule has 0 saturated carbocycles. The number of nitrogens with zero attached hydrogens (tertiary/aromatic N) is 1. The van der Waals surface area contributed by atoms with Gasteiger partial charge in [0.2, 0.25) is 0 Å². The van der Waals surface area contributed by atoms with Gasteiger partial charge in [0, 0.05) is 16.1 Å². The van der Waals surface area contributed by atoms with E-state index in [2.05, 4.69) is 15.8 Å². The van der Waals surface area contributed by atoms with Crippen molar-refractivity contribution in [2.75, 3.05) is 0 Å². The largest absolute Gasteiger partial charge is 0.340 e. The molecule has 2 N–H and O–H groups in total. The van der Waals surface area contributed by atoms with Gasteiger partial charge in [-0.1, -0.05) is 66.3 Å². The third kappa shape index (κ3) is 6.11. The number of hydrogen-bond acceptors (Lipinski definition) is 3. The van der Waals surface area contributed by atoms with E-state index < -0.39 is 17.9 Å². The second-order valence-corrected chi connectivity index (χ2v) is 7.88. The summed E-state index contributed by atoms with van der Waals surface area (Å²) in [6.45, 7) is 3.61. The average molecular weight is 461 g/mol. The molecular formula is C19H17Cl4N3O2. The van der Waals surface area contributed by atoms with Crippen molar-refractivity contribution in [1.82, 2.24) is 10.7 Å². The number of nitrogens with one attached hydrogen (secondary N) is 2. The van der Waals surface area contributed by atoms with Gasteiger partial charge in [-0.05, 0) is 36.2 Å². The number of benzene rings is 2. The van der Waals surface area contributed by atoms with Crippen molar-refractivity contribution in [2.24, 2.45) is 11.0 Å². The lowest BCUT2D eigenvalue weighted by Gasteiger charge is -2.20. The van der Waals surface area contributed by atoms with Crippen LogP contribution >= 0.6 is 46.4 Å². The Hall–Kier alpha value is -1.79. The first-order valence-electron chi connectivity index (χ1n) is 8.23. The molecule has 2 aromatic carbocycles. The first-order valence-corrected chi connectivity index (χ1v) is 9.74. The van der Waals surface area contributed by atoms with E-state index in [0.29, 0.717) is 26.2 Å². The molecule has 2 aromatic rings. The summed E-state index contributed by atoms with van der Waals surface area (Å²) in [6, 6.07) is 8.58. The zero-order valence-corrected chi connectivity index (χ0v) is 18.0. The molecular weight excluding hydrogens is 444 g/mol. The Bertz CT molecular complexity index is 916. The highest BCUT2D eigenvalue weighted by Crippen LogP contribution is 2.23. The zero-order chi connectivity index (χ0) is 20.8. The minimum absolute atomic E-state index is 0.180. The SMILES string of the molecule is CC(C)C(NC(=O)c1ccc(Cl)c(Cl)c1)C(=O)NN=Cc1ccc(Cl)cc1Cl. The third-order valence-electron chi connectivity index (χ3n) is 3.76. The molecule has 148 valence electrons. The summed E-state index contributed by atoms with van der Waals surface area (Å²) >= 11 is 23.7. The van der Waals surface area contributed by atoms with Crippen LogP contribution < -0.4 is 10.7 Å². The minimum atomic E-state index is -0.806. The smallest absolute Gasteiger partial charge is 0.262 e. The van der Waals surface area contributed by atoms with E-state index in [1.54, 1.807) is 32.0 Å². The first-order chi connectivity index (χ1) is 13.2. The predicted octanol–water partition coefficient (Wildman–Crippen LogP) is 5.20. The lowest BCUT2D eigenvalue weighted by Crippen LogP contribution is -2.48. The van der Waals surface area contributed by atoms with Crippen molar-refractivity contribution >= 4 is 64.4 Å². The van der Waals surface area contributed by atoms with E-state index >= 15 is 0 Å². The van der Waals surface area contributed by atoms with Gasteiger partial charge in [0.25, 0.3) is 11.8 Å². The maximum atomic E-state index is 12.5. The van der Waals surface area contributed by atoms with E-state index in [1.807, 2.05) is 0 Å². The normalized spacial score (nSPS) is 12.2. The maximum Gasteiger partial charge on any atom is 0.262 e. The van der Waals surface area contributed by atoms with Gasteiger partial charge in [-0.2, -0.15) is 5.10 Å². The Morgan fingerprint density at radius 2 is 1.68 bits per heavy atom. The van der Waals surface area contributed by atoms with Crippen molar-refractivity contribution in [3.05, 3.63) is 67.6 Å². The molecule has 28 heavy (non-hydrogen) atoms. The highest BCUT2D eigenvalue weighted by atomic mass is 35.5. The maximum absolute atomic E-state index is 12.5. The molecule has 0 spiro atoms. The second kappa shape index (κ2) is 10.1. The van der Waals surface area contributed by atoms with Crippen LogP contribution in [0.1, 0.15) is 29.8 Å². The Morgan fingerprint density at radius 1 is 0.964 bits per heavy atom. The Morgan fingerprint density at radius 3 is 2.29 bits per heavy atom. The summed E-state index contributed by atoms with van der Waals surface area (Å²) in [6.07, 6.45) is 1.40. The Labute approximate surface area is 183 Å². The van der Waals surface area contributed by atoms with Crippen LogP contribution in [0.15, 0.2) is 41.5 Å². The van der Waals surface area contributed by atoms with Crippen molar-refractivity contribution in [2.45, 2.75) is 19.9 Å². The Kier molecular flexibility index (Phi) is 8.13. The van der Waals surface area contributed by atoms with Gasteiger partial charge in [-0.25, -0.2) is 5.43 Å². The summed E-state index contributed by atoms with van der Waals surface area (Å²) in [5, 5.41) is 8.07. The van der Waals surface area contributed by atoms with Gasteiger partial charge in [0.05, 0.1) is 21.3 Å². The molecule has 0 aliphatic carbocycles. The standard InChI is InChI=1S/C19H17Cl4N3O2/c1-10(2)17(25-18(27)11-4-6-14(21)16(23)7-11)19(28)26-24-9-12-3-5-13(20)8-15(12)22/h3-10,17H,1-2H3,(H,25,27)(H,26,28). The first kappa shape index (κ1) is 22.5. The van der Waals surface area contributed by atoms with E-state index in [9.17, 15) is 9.59 Å². The molecule has 1 atom stereocenters. The number of carbonyl (C=O) groups is 2. The van der Waals surface area contributed by atoms with Gasteiger partial charge < -0.3 is 5.32 Å². The van der Waals surface area contributed by atoms with Crippen molar-refractivity contribution < 1.29 is 9.59 Å². The quantitative estimate of drug-likeness (QED) is 0.459. The Balaban J connectivity index is 2.05. The fraction of sp³-hybridized carbons (Fsp3) is 0.211. The molecule has 0 radical (unpaired) electrons. The number of hydrazone groups is 1. The molecule has 0 saturated heterocycles. The van der Waals surface area contributed by atoms with Crippen LogP contribution in [-0.4, -0.2) is 24.1 Å². The minimum Gasteiger partial charge on any atom is -0.340 e. The molecule has 0 aliphatic heterocycles. The van der Waals surface area contributed by atoms with Gasteiger partial charge in [0.15, 0.2) is 0 Å².